The Bertz CT molecular complexity index is 1690. The Morgan fingerprint density at radius 2 is 0.870 bits per heavy atom. The monoisotopic (exact) mass is 748 g/mol. The van der Waals surface area contributed by atoms with Gasteiger partial charge in [-0.15, -0.1) is 69.1 Å². The zero-order valence-electron chi connectivity index (χ0n) is 25.0. The maximum Gasteiger partial charge on any atom is -1.00 e. The van der Waals surface area contributed by atoms with Crippen molar-refractivity contribution in [1.82, 2.24) is 0 Å². The van der Waals surface area contributed by atoms with Gasteiger partial charge in [0, 0.05) is 0 Å². The van der Waals surface area contributed by atoms with Gasteiger partial charge in [-0.25, -0.2) is 0 Å². The summed E-state index contributed by atoms with van der Waals surface area (Å²) in [5.41, 5.74) is 4.81. The maximum absolute atomic E-state index is 12.6. The molecule has 6 rings (SSSR count). The molecule has 0 fully saturated rings. The molecule has 0 spiro atoms. The molecule has 0 bridgehead atoms. The van der Waals surface area contributed by atoms with Crippen molar-refractivity contribution >= 4 is 25.8 Å². The van der Waals surface area contributed by atoms with Crippen LogP contribution in [0.25, 0.3) is 43.8 Å². The van der Waals surface area contributed by atoms with Gasteiger partial charge in [-0.3, -0.25) is 0 Å². The molecule has 0 amide bonds. The number of hydrogen-bond donors (Lipinski definition) is 0. The molecule has 9 heteroatoms. The minimum absolute atomic E-state index is 0. The van der Waals surface area contributed by atoms with Gasteiger partial charge < -0.3 is 24.8 Å². The van der Waals surface area contributed by atoms with Crippen LogP contribution < -0.4 is 24.8 Å². The maximum atomic E-state index is 12.6. The summed E-state index contributed by atoms with van der Waals surface area (Å²) in [6, 6.07) is 31.0. The van der Waals surface area contributed by atoms with E-state index in [-0.39, 0.29) is 24.8 Å². The Labute approximate surface area is 292 Å². The van der Waals surface area contributed by atoms with Crippen LogP contribution in [0.4, 0.5) is 26.3 Å². The summed E-state index contributed by atoms with van der Waals surface area (Å²) in [6.45, 7) is 4.18. The first kappa shape index (κ1) is 39.2. The van der Waals surface area contributed by atoms with Crippen LogP contribution in [-0.4, -0.2) is 4.21 Å². The Morgan fingerprint density at radius 1 is 0.543 bits per heavy atom. The first-order valence-electron chi connectivity index (χ1n) is 14.0. The largest absolute Gasteiger partial charge is 1.00 e. The van der Waals surface area contributed by atoms with Crippen molar-refractivity contribution in [2.75, 3.05) is 0 Å². The predicted molar refractivity (Wildman–Crippen MR) is 166 cm³/mol. The fourth-order valence-corrected chi connectivity index (χ4v) is 5.18. The van der Waals surface area contributed by atoms with Gasteiger partial charge in [0.15, 0.2) is 0 Å². The van der Waals surface area contributed by atoms with Crippen LogP contribution in [0.2, 0.25) is 0 Å². The molecule has 0 saturated carbocycles. The zero-order chi connectivity index (χ0) is 32.1. The minimum Gasteiger partial charge on any atom is -1.00 e. The molecule has 0 atom stereocenters. The van der Waals surface area contributed by atoms with Gasteiger partial charge in [0.1, 0.15) is 0 Å². The summed E-state index contributed by atoms with van der Waals surface area (Å²) in [5, 5.41) is 4.44. The van der Waals surface area contributed by atoms with Crippen LogP contribution in [0.1, 0.15) is 36.1 Å². The summed E-state index contributed by atoms with van der Waals surface area (Å²) in [5.74, 6) is 0. The molecule has 0 aliphatic heterocycles. The van der Waals surface area contributed by atoms with Crippen LogP contribution in [0.15, 0.2) is 109 Å². The van der Waals surface area contributed by atoms with Gasteiger partial charge in [-0.2, -0.15) is 38.5 Å². The number of benzene rings is 4. The third-order valence-corrected chi connectivity index (χ3v) is 7.48. The molecule has 0 aliphatic carbocycles. The standard InChI is InChI=1S/2C18H14F3.CH2.2ClH.Zr/c2*1-2-12-10-14-4-3-5-16(17(14)11-12)13-6-8-15(9-7-13)18(19,20)21;;;;/h2*3-11H,2H2,1H3;1H2;2*1H;/q2*-1;;;;+2/p-2. The van der Waals surface area contributed by atoms with Gasteiger partial charge in [0.25, 0.3) is 0 Å². The minimum atomic E-state index is -4.29. The molecular weight excluding hydrogens is 721 g/mol. The second-order valence-corrected chi connectivity index (χ2v) is 10.2. The third-order valence-electron chi connectivity index (χ3n) is 7.48. The predicted octanol–water partition coefficient (Wildman–Crippen LogP) is 5.59. The van der Waals surface area contributed by atoms with Crippen molar-refractivity contribution in [2.24, 2.45) is 0 Å². The molecule has 0 heterocycles. The Kier molecular flexibility index (Phi) is 14.2. The molecule has 6 aromatic rings. The van der Waals surface area contributed by atoms with Crippen molar-refractivity contribution in [3.63, 3.8) is 0 Å². The summed E-state index contributed by atoms with van der Waals surface area (Å²) < 4.78 is 79.1. The average Bonchev–Trinajstić information content (AvgIpc) is 3.66. The summed E-state index contributed by atoms with van der Waals surface area (Å²) in [7, 11) is 0. The second kappa shape index (κ2) is 16.7. The smallest absolute Gasteiger partial charge is 1.00 e. The number of hydrogen-bond acceptors (Lipinski definition) is 0. The SMILES string of the molecule is CCc1cc2c(-c3ccc(C(F)(F)F)cc3)cccc2[cH-]1.CCc1cc2c(-c3ccc(C(F)(F)F)cc3)cccc2[cH-]1.[CH2]=[Zr+2].[Cl-].[Cl-]. The number of alkyl halides is 6. The average molecular weight is 751 g/mol. The van der Waals surface area contributed by atoms with Crippen LogP contribution in [0.3, 0.4) is 0 Å². The molecule has 0 saturated heterocycles. The fraction of sp³-hybridized carbons (Fsp3) is 0.162. The van der Waals surface area contributed by atoms with E-state index in [0.29, 0.717) is 0 Å². The van der Waals surface area contributed by atoms with Crippen molar-refractivity contribution in [1.29, 1.82) is 0 Å². The summed E-state index contributed by atoms with van der Waals surface area (Å²) >= 11 is 1.30. The van der Waals surface area contributed by atoms with E-state index in [9.17, 15) is 26.3 Å². The Balaban J connectivity index is 0.000000292. The van der Waals surface area contributed by atoms with Crippen molar-refractivity contribution in [3.05, 3.63) is 131 Å². The first-order valence-corrected chi connectivity index (χ1v) is 15.8. The van der Waals surface area contributed by atoms with E-state index in [0.717, 1.165) is 80.9 Å². The molecule has 0 aromatic heterocycles. The van der Waals surface area contributed by atoms with E-state index in [2.05, 4.69) is 42.3 Å². The van der Waals surface area contributed by atoms with Gasteiger partial charge in [0.05, 0.1) is 11.1 Å². The summed E-state index contributed by atoms with van der Waals surface area (Å²) in [4.78, 5) is 0. The fourth-order valence-electron chi connectivity index (χ4n) is 5.18. The van der Waals surface area contributed by atoms with Gasteiger partial charge >= 0.3 is 40.8 Å². The van der Waals surface area contributed by atoms with Gasteiger partial charge in [-0.05, 0) is 48.2 Å². The third kappa shape index (κ3) is 9.09. The molecule has 0 aliphatic rings. The quantitative estimate of drug-likeness (QED) is 0.163. The number of halogens is 8. The van der Waals surface area contributed by atoms with Crippen LogP contribution in [-0.2, 0) is 49.4 Å². The number of fused-ring (bicyclic) bond motifs is 2. The van der Waals surface area contributed by atoms with Gasteiger partial charge in [-0.1, -0.05) is 61.4 Å². The van der Waals surface area contributed by atoms with E-state index in [1.165, 1.54) is 59.6 Å². The summed E-state index contributed by atoms with van der Waals surface area (Å²) in [6.07, 6.45) is -6.69. The normalized spacial score (nSPS) is 11.1. The molecular formula is C37H30Cl2F6Zr-2. The molecule has 0 N–H and O–H groups in total. The topological polar surface area (TPSA) is 0 Å². The molecule has 46 heavy (non-hydrogen) atoms. The molecule has 240 valence electrons. The van der Waals surface area contributed by atoms with Crippen LogP contribution in [0.5, 0.6) is 0 Å². The zero-order valence-corrected chi connectivity index (χ0v) is 29.0. The van der Waals surface area contributed by atoms with Crippen molar-refractivity contribution in [3.8, 4) is 22.3 Å². The molecule has 0 nitrogen and oxygen atoms in total. The van der Waals surface area contributed by atoms with E-state index in [1.807, 2.05) is 36.4 Å². The Morgan fingerprint density at radius 3 is 1.15 bits per heavy atom. The van der Waals surface area contributed by atoms with E-state index < -0.39 is 23.5 Å². The number of aryl methyl sites for hydroxylation is 2. The van der Waals surface area contributed by atoms with E-state index in [4.69, 9.17) is 0 Å². The van der Waals surface area contributed by atoms with Crippen molar-refractivity contribution in [2.45, 2.75) is 39.0 Å². The Hall–Kier alpha value is -2.99. The van der Waals surface area contributed by atoms with E-state index in [1.54, 1.807) is 0 Å². The van der Waals surface area contributed by atoms with Crippen LogP contribution in [0, 0.1) is 0 Å². The molecule has 0 radical (unpaired) electrons. The molecule has 0 unspecified atom stereocenters. The van der Waals surface area contributed by atoms with Crippen LogP contribution >= 0.6 is 0 Å². The van der Waals surface area contributed by atoms with E-state index >= 15 is 0 Å². The first-order chi connectivity index (χ1) is 21.0. The van der Waals surface area contributed by atoms with Crippen molar-refractivity contribution < 1.29 is 75.4 Å². The van der Waals surface area contributed by atoms with Gasteiger partial charge in [0.2, 0.25) is 0 Å². The number of rotatable bonds is 4. The second-order valence-electron chi connectivity index (χ2n) is 10.2. The molecule has 6 aromatic carbocycles.